The molecular formula is C10H13ClN2O. The van der Waals surface area contributed by atoms with Gasteiger partial charge < -0.3 is 10.0 Å². The summed E-state index contributed by atoms with van der Waals surface area (Å²) in [7, 11) is 0. The standard InChI is InChI=1S/C10H13ClN2O/c11-8-3-4-10(12-9(8)7-14)13-5-1-2-6-13/h3-4,14H,1-2,5-7H2. The van der Waals surface area contributed by atoms with E-state index in [1.165, 1.54) is 12.8 Å². The van der Waals surface area contributed by atoms with Crippen molar-refractivity contribution in [2.24, 2.45) is 0 Å². The summed E-state index contributed by atoms with van der Waals surface area (Å²) in [5.74, 6) is 0.927. The van der Waals surface area contributed by atoms with Crippen molar-refractivity contribution in [3.63, 3.8) is 0 Å². The third kappa shape index (κ3) is 1.83. The lowest BCUT2D eigenvalue weighted by Crippen LogP contribution is -2.19. The molecule has 0 unspecified atom stereocenters. The van der Waals surface area contributed by atoms with Crippen molar-refractivity contribution in [2.45, 2.75) is 19.4 Å². The molecule has 2 heterocycles. The van der Waals surface area contributed by atoms with Crippen LogP contribution in [0.3, 0.4) is 0 Å². The van der Waals surface area contributed by atoms with Gasteiger partial charge in [-0.25, -0.2) is 4.98 Å². The maximum atomic E-state index is 9.02. The topological polar surface area (TPSA) is 36.4 Å². The number of pyridine rings is 1. The number of hydrogen-bond acceptors (Lipinski definition) is 3. The highest BCUT2D eigenvalue weighted by molar-refractivity contribution is 6.31. The Kier molecular flexibility index (Phi) is 2.89. The Morgan fingerprint density at radius 3 is 2.71 bits per heavy atom. The maximum Gasteiger partial charge on any atom is 0.129 e. The fourth-order valence-corrected chi connectivity index (χ4v) is 1.87. The minimum Gasteiger partial charge on any atom is -0.390 e. The van der Waals surface area contributed by atoms with Crippen LogP contribution in [-0.4, -0.2) is 23.2 Å². The first-order valence-electron chi connectivity index (χ1n) is 4.82. The third-order valence-electron chi connectivity index (χ3n) is 2.48. The summed E-state index contributed by atoms with van der Waals surface area (Å²) in [6, 6.07) is 3.71. The highest BCUT2D eigenvalue weighted by atomic mass is 35.5. The van der Waals surface area contributed by atoms with E-state index in [-0.39, 0.29) is 6.61 Å². The fraction of sp³-hybridized carbons (Fsp3) is 0.500. The zero-order valence-electron chi connectivity index (χ0n) is 7.91. The van der Waals surface area contributed by atoms with Gasteiger partial charge in [0.15, 0.2) is 0 Å². The van der Waals surface area contributed by atoms with Gasteiger partial charge in [0.25, 0.3) is 0 Å². The molecule has 4 heteroatoms. The van der Waals surface area contributed by atoms with E-state index in [0.717, 1.165) is 18.9 Å². The Balaban J connectivity index is 2.25. The SMILES string of the molecule is OCc1nc(N2CCCC2)ccc1Cl. The van der Waals surface area contributed by atoms with Gasteiger partial charge >= 0.3 is 0 Å². The summed E-state index contributed by atoms with van der Waals surface area (Å²) in [4.78, 5) is 6.53. The van der Waals surface area contributed by atoms with E-state index < -0.39 is 0 Å². The summed E-state index contributed by atoms with van der Waals surface area (Å²) in [5.41, 5.74) is 0.566. The molecule has 1 aliphatic heterocycles. The summed E-state index contributed by atoms with van der Waals surface area (Å²) < 4.78 is 0. The Morgan fingerprint density at radius 2 is 2.07 bits per heavy atom. The lowest BCUT2D eigenvalue weighted by molar-refractivity contribution is 0.277. The molecule has 3 nitrogen and oxygen atoms in total. The molecule has 1 N–H and O–H groups in total. The summed E-state index contributed by atoms with van der Waals surface area (Å²) in [5, 5.41) is 9.56. The zero-order valence-corrected chi connectivity index (χ0v) is 8.67. The molecule has 0 spiro atoms. The number of aliphatic hydroxyl groups excluding tert-OH is 1. The van der Waals surface area contributed by atoms with E-state index in [0.29, 0.717) is 10.7 Å². The molecule has 0 bridgehead atoms. The van der Waals surface area contributed by atoms with Crippen molar-refractivity contribution in [2.75, 3.05) is 18.0 Å². The molecule has 0 radical (unpaired) electrons. The van der Waals surface area contributed by atoms with Gasteiger partial charge in [-0.05, 0) is 25.0 Å². The largest absolute Gasteiger partial charge is 0.390 e. The van der Waals surface area contributed by atoms with Crippen molar-refractivity contribution in [1.29, 1.82) is 0 Å². The number of aromatic nitrogens is 1. The van der Waals surface area contributed by atoms with Gasteiger partial charge in [-0.3, -0.25) is 0 Å². The van der Waals surface area contributed by atoms with Crippen LogP contribution in [-0.2, 0) is 6.61 Å². The minimum atomic E-state index is -0.0967. The molecule has 0 aliphatic carbocycles. The molecule has 76 valence electrons. The molecular weight excluding hydrogens is 200 g/mol. The second-order valence-corrected chi connectivity index (χ2v) is 3.86. The molecule has 0 atom stereocenters. The molecule has 2 rings (SSSR count). The quantitative estimate of drug-likeness (QED) is 0.813. The molecule has 1 aromatic heterocycles. The van der Waals surface area contributed by atoms with Crippen molar-refractivity contribution in [3.8, 4) is 0 Å². The zero-order chi connectivity index (χ0) is 9.97. The minimum absolute atomic E-state index is 0.0967. The number of nitrogens with zero attached hydrogens (tertiary/aromatic N) is 2. The van der Waals surface area contributed by atoms with Gasteiger partial charge in [-0.2, -0.15) is 0 Å². The van der Waals surface area contributed by atoms with E-state index >= 15 is 0 Å². The third-order valence-corrected chi connectivity index (χ3v) is 2.83. The summed E-state index contributed by atoms with van der Waals surface area (Å²) >= 11 is 5.86. The molecule has 14 heavy (non-hydrogen) atoms. The van der Waals surface area contributed by atoms with Crippen molar-refractivity contribution in [3.05, 3.63) is 22.8 Å². The maximum absolute atomic E-state index is 9.02. The fourth-order valence-electron chi connectivity index (χ4n) is 1.71. The average molecular weight is 213 g/mol. The van der Waals surface area contributed by atoms with E-state index in [4.69, 9.17) is 16.7 Å². The van der Waals surface area contributed by atoms with Crippen LogP contribution in [0.2, 0.25) is 5.02 Å². The lowest BCUT2D eigenvalue weighted by atomic mass is 10.3. The van der Waals surface area contributed by atoms with Crippen LogP contribution >= 0.6 is 11.6 Å². The van der Waals surface area contributed by atoms with Crippen LogP contribution in [0.4, 0.5) is 5.82 Å². The normalized spacial score (nSPS) is 16.3. The van der Waals surface area contributed by atoms with Crippen LogP contribution in [0, 0.1) is 0 Å². The molecule has 1 aromatic rings. The molecule has 1 saturated heterocycles. The number of halogens is 1. The Labute approximate surface area is 88.3 Å². The second kappa shape index (κ2) is 4.15. The highest BCUT2D eigenvalue weighted by Crippen LogP contribution is 2.22. The number of aliphatic hydroxyl groups is 1. The van der Waals surface area contributed by atoms with Crippen LogP contribution in [0.25, 0.3) is 0 Å². The first-order valence-corrected chi connectivity index (χ1v) is 5.20. The first kappa shape index (κ1) is 9.74. The van der Waals surface area contributed by atoms with E-state index in [9.17, 15) is 0 Å². The Morgan fingerprint density at radius 1 is 1.36 bits per heavy atom. The average Bonchev–Trinajstić information content (AvgIpc) is 2.71. The predicted octanol–water partition coefficient (Wildman–Crippen LogP) is 1.83. The van der Waals surface area contributed by atoms with Gasteiger partial charge in [0.2, 0.25) is 0 Å². The molecule has 0 saturated carbocycles. The van der Waals surface area contributed by atoms with Crippen molar-refractivity contribution in [1.82, 2.24) is 4.98 Å². The summed E-state index contributed by atoms with van der Waals surface area (Å²) in [6.45, 7) is 2.01. The monoisotopic (exact) mass is 212 g/mol. The smallest absolute Gasteiger partial charge is 0.129 e. The number of anilines is 1. The molecule has 1 fully saturated rings. The van der Waals surface area contributed by atoms with Gasteiger partial charge in [-0.15, -0.1) is 0 Å². The first-order chi connectivity index (χ1) is 6.81. The van der Waals surface area contributed by atoms with Gasteiger partial charge in [0, 0.05) is 13.1 Å². The number of hydrogen-bond donors (Lipinski definition) is 1. The predicted molar refractivity (Wildman–Crippen MR) is 56.6 cm³/mol. The van der Waals surface area contributed by atoms with Crippen molar-refractivity contribution >= 4 is 17.4 Å². The molecule has 0 aromatic carbocycles. The van der Waals surface area contributed by atoms with Gasteiger partial charge in [-0.1, -0.05) is 11.6 Å². The van der Waals surface area contributed by atoms with Crippen LogP contribution in [0.5, 0.6) is 0 Å². The molecule has 0 amide bonds. The van der Waals surface area contributed by atoms with E-state index in [1.54, 1.807) is 6.07 Å². The van der Waals surface area contributed by atoms with Gasteiger partial charge in [0.05, 0.1) is 17.3 Å². The van der Waals surface area contributed by atoms with Crippen LogP contribution in [0.15, 0.2) is 12.1 Å². The summed E-state index contributed by atoms with van der Waals surface area (Å²) in [6.07, 6.45) is 2.44. The molecule has 1 aliphatic rings. The van der Waals surface area contributed by atoms with E-state index in [2.05, 4.69) is 9.88 Å². The van der Waals surface area contributed by atoms with Crippen molar-refractivity contribution < 1.29 is 5.11 Å². The second-order valence-electron chi connectivity index (χ2n) is 3.45. The van der Waals surface area contributed by atoms with E-state index in [1.807, 2.05) is 6.07 Å². The lowest BCUT2D eigenvalue weighted by Gasteiger charge is -2.17. The van der Waals surface area contributed by atoms with Gasteiger partial charge in [0.1, 0.15) is 5.82 Å². The highest BCUT2D eigenvalue weighted by Gasteiger charge is 2.14. The Bertz CT molecular complexity index is 324. The van der Waals surface area contributed by atoms with Crippen LogP contribution in [0.1, 0.15) is 18.5 Å². The number of rotatable bonds is 2. The Hall–Kier alpha value is -0.800. The van der Waals surface area contributed by atoms with Crippen LogP contribution < -0.4 is 4.90 Å².